The quantitative estimate of drug-likeness (QED) is 0.805. The monoisotopic (exact) mass is 275 g/mol. The predicted molar refractivity (Wildman–Crippen MR) is 82.8 cm³/mol. The summed E-state index contributed by atoms with van der Waals surface area (Å²) in [6, 6.07) is 12.8. The molecule has 2 aromatic rings. The number of para-hydroxylation sites is 1. The zero-order valence-electron chi connectivity index (χ0n) is 11.6. The molecule has 0 saturated carbocycles. The Morgan fingerprint density at radius 3 is 2.58 bits per heavy atom. The van der Waals surface area contributed by atoms with Crippen LogP contribution in [0.15, 0.2) is 36.4 Å². The molecule has 3 heteroatoms. The van der Waals surface area contributed by atoms with Crippen molar-refractivity contribution in [3.05, 3.63) is 51.7 Å². The first kappa shape index (κ1) is 14.1. The molecule has 0 aliphatic carbocycles. The first-order chi connectivity index (χ1) is 9.33. The van der Waals surface area contributed by atoms with Crippen LogP contribution in [0.5, 0.6) is 0 Å². The lowest BCUT2D eigenvalue weighted by Gasteiger charge is -2.11. The third-order valence-corrected chi connectivity index (χ3v) is 4.23. The van der Waals surface area contributed by atoms with Crippen LogP contribution in [-0.4, -0.2) is 6.61 Å². The Labute approximate surface area is 119 Å². The Morgan fingerprint density at radius 1 is 1.05 bits per heavy atom. The van der Waals surface area contributed by atoms with Crippen molar-refractivity contribution in [3.8, 4) is 0 Å². The number of rotatable bonds is 7. The largest absolute Gasteiger partial charge is 0.380 e. The Morgan fingerprint density at radius 2 is 1.84 bits per heavy atom. The van der Waals surface area contributed by atoms with E-state index in [0.29, 0.717) is 6.61 Å². The fourth-order valence-electron chi connectivity index (χ4n) is 1.92. The van der Waals surface area contributed by atoms with Crippen molar-refractivity contribution in [2.24, 2.45) is 0 Å². The third-order valence-electron chi connectivity index (χ3n) is 3.00. The second kappa shape index (κ2) is 7.31. The number of thiophene rings is 1. The first-order valence-corrected chi connectivity index (χ1v) is 7.62. The SMILES string of the molecule is CCOCc1ccccc1NCc1ccc(CC)s1. The van der Waals surface area contributed by atoms with Crippen molar-refractivity contribution in [3.63, 3.8) is 0 Å². The normalized spacial score (nSPS) is 10.6. The lowest BCUT2D eigenvalue weighted by molar-refractivity contribution is 0.134. The van der Waals surface area contributed by atoms with Gasteiger partial charge in [0.25, 0.3) is 0 Å². The van der Waals surface area contributed by atoms with Crippen LogP contribution >= 0.6 is 11.3 Å². The molecule has 1 N–H and O–H groups in total. The van der Waals surface area contributed by atoms with E-state index < -0.39 is 0 Å². The van der Waals surface area contributed by atoms with Gasteiger partial charge in [-0.1, -0.05) is 25.1 Å². The Bertz CT molecular complexity index is 507. The molecule has 0 saturated heterocycles. The minimum atomic E-state index is 0.671. The number of hydrogen-bond donors (Lipinski definition) is 1. The van der Waals surface area contributed by atoms with Crippen LogP contribution in [-0.2, 0) is 24.3 Å². The van der Waals surface area contributed by atoms with E-state index in [0.717, 1.165) is 19.6 Å². The molecule has 0 unspecified atom stereocenters. The second-order valence-electron chi connectivity index (χ2n) is 4.37. The topological polar surface area (TPSA) is 21.3 Å². The molecule has 2 rings (SSSR count). The van der Waals surface area contributed by atoms with Gasteiger partial charge in [0.1, 0.15) is 0 Å². The van der Waals surface area contributed by atoms with E-state index in [-0.39, 0.29) is 0 Å². The maximum Gasteiger partial charge on any atom is 0.0736 e. The van der Waals surface area contributed by atoms with Crippen LogP contribution in [0.3, 0.4) is 0 Å². The van der Waals surface area contributed by atoms with E-state index in [1.165, 1.54) is 21.0 Å². The molecule has 1 aromatic heterocycles. The summed E-state index contributed by atoms with van der Waals surface area (Å²) in [7, 11) is 0. The van der Waals surface area contributed by atoms with Crippen LogP contribution in [0.25, 0.3) is 0 Å². The molecular formula is C16H21NOS. The Kier molecular flexibility index (Phi) is 5.43. The van der Waals surface area contributed by atoms with Gasteiger partial charge < -0.3 is 10.1 Å². The summed E-state index contributed by atoms with van der Waals surface area (Å²) in [5.41, 5.74) is 2.39. The van der Waals surface area contributed by atoms with E-state index >= 15 is 0 Å². The minimum absolute atomic E-state index is 0.671. The van der Waals surface area contributed by atoms with Gasteiger partial charge in [-0.05, 0) is 31.5 Å². The summed E-state index contributed by atoms with van der Waals surface area (Å²) in [6.45, 7) is 6.52. The van der Waals surface area contributed by atoms with Crippen LogP contribution in [0.1, 0.15) is 29.2 Å². The standard InChI is InChI=1S/C16H21NOS/c1-3-14-9-10-15(19-14)11-17-16-8-6-5-7-13(16)12-18-4-2/h5-10,17H,3-4,11-12H2,1-2H3. The highest BCUT2D eigenvalue weighted by Gasteiger charge is 2.03. The van der Waals surface area contributed by atoms with Crippen molar-refractivity contribution in [1.29, 1.82) is 0 Å². The smallest absolute Gasteiger partial charge is 0.0736 e. The molecule has 102 valence electrons. The minimum Gasteiger partial charge on any atom is -0.380 e. The molecular weight excluding hydrogens is 254 g/mol. The van der Waals surface area contributed by atoms with Gasteiger partial charge in [0.05, 0.1) is 6.61 Å². The molecule has 0 aliphatic heterocycles. The highest BCUT2D eigenvalue weighted by atomic mass is 32.1. The van der Waals surface area contributed by atoms with E-state index in [4.69, 9.17) is 4.74 Å². The third kappa shape index (κ3) is 4.08. The number of aryl methyl sites for hydroxylation is 1. The summed E-state index contributed by atoms with van der Waals surface area (Å²) in [4.78, 5) is 2.82. The molecule has 19 heavy (non-hydrogen) atoms. The molecule has 0 aliphatic rings. The predicted octanol–water partition coefficient (Wildman–Crippen LogP) is 4.46. The van der Waals surface area contributed by atoms with Gasteiger partial charge in [0.2, 0.25) is 0 Å². The average molecular weight is 275 g/mol. The summed E-state index contributed by atoms with van der Waals surface area (Å²) in [5.74, 6) is 0. The number of anilines is 1. The van der Waals surface area contributed by atoms with Gasteiger partial charge in [-0.15, -0.1) is 11.3 Å². The lowest BCUT2D eigenvalue weighted by atomic mass is 10.2. The summed E-state index contributed by atoms with van der Waals surface area (Å²) >= 11 is 1.88. The van der Waals surface area contributed by atoms with Gasteiger partial charge in [0.15, 0.2) is 0 Å². The van der Waals surface area contributed by atoms with Crippen LogP contribution in [0, 0.1) is 0 Å². The van der Waals surface area contributed by atoms with Gasteiger partial charge in [-0.25, -0.2) is 0 Å². The van der Waals surface area contributed by atoms with Gasteiger partial charge >= 0.3 is 0 Å². The van der Waals surface area contributed by atoms with Crippen molar-refractivity contribution in [2.75, 3.05) is 11.9 Å². The molecule has 0 atom stereocenters. The fourth-order valence-corrected chi connectivity index (χ4v) is 2.82. The Balaban J connectivity index is 1.98. The molecule has 0 bridgehead atoms. The highest BCUT2D eigenvalue weighted by molar-refractivity contribution is 7.12. The zero-order valence-corrected chi connectivity index (χ0v) is 12.4. The number of ether oxygens (including phenoxy) is 1. The van der Waals surface area contributed by atoms with Crippen molar-refractivity contribution in [2.45, 2.75) is 33.4 Å². The van der Waals surface area contributed by atoms with E-state index in [2.05, 4.69) is 48.6 Å². The van der Waals surface area contributed by atoms with E-state index in [9.17, 15) is 0 Å². The summed E-state index contributed by atoms with van der Waals surface area (Å²) in [5, 5.41) is 3.51. The fraction of sp³-hybridized carbons (Fsp3) is 0.375. The van der Waals surface area contributed by atoms with Gasteiger partial charge in [0, 0.05) is 34.2 Å². The first-order valence-electron chi connectivity index (χ1n) is 6.80. The number of benzene rings is 1. The highest BCUT2D eigenvalue weighted by Crippen LogP contribution is 2.21. The van der Waals surface area contributed by atoms with Crippen molar-refractivity contribution >= 4 is 17.0 Å². The van der Waals surface area contributed by atoms with Crippen LogP contribution in [0.4, 0.5) is 5.69 Å². The molecule has 1 aromatic carbocycles. The van der Waals surface area contributed by atoms with Crippen molar-refractivity contribution < 1.29 is 4.74 Å². The van der Waals surface area contributed by atoms with E-state index in [1.807, 2.05) is 18.3 Å². The Hall–Kier alpha value is -1.32. The molecule has 0 spiro atoms. The molecule has 1 heterocycles. The maximum atomic E-state index is 5.50. The number of nitrogens with one attached hydrogen (secondary N) is 1. The van der Waals surface area contributed by atoms with Gasteiger partial charge in [-0.3, -0.25) is 0 Å². The summed E-state index contributed by atoms with van der Waals surface area (Å²) < 4.78 is 5.50. The van der Waals surface area contributed by atoms with Crippen LogP contribution < -0.4 is 5.32 Å². The lowest BCUT2D eigenvalue weighted by Crippen LogP contribution is -2.02. The molecule has 2 nitrogen and oxygen atoms in total. The van der Waals surface area contributed by atoms with Gasteiger partial charge in [-0.2, -0.15) is 0 Å². The van der Waals surface area contributed by atoms with Crippen molar-refractivity contribution in [1.82, 2.24) is 0 Å². The maximum absolute atomic E-state index is 5.50. The average Bonchev–Trinajstić information content (AvgIpc) is 2.91. The van der Waals surface area contributed by atoms with Crippen LogP contribution in [0.2, 0.25) is 0 Å². The molecule has 0 radical (unpaired) electrons. The second-order valence-corrected chi connectivity index (χ2v) is 5.62. The zero-order chi connectivity index (χ0) is 13.5. The number of hydrogen-bond acceptors (Lipinski definition) is 3. The summed E-state index contributed by atoms with van der Waals surface area (Å²) in [6.07, 6.45) is 1.12. The van der Waals surface area contributed by atoms with E-state index in [1.54, 1.807) is 0 Å². The molecule has 0 amide bonds. The molecule has 0 fully saturated rings.